The van der Waals surface area contributed by atoms with Crippen molar-refractivity contribution in [1.82, 2.24) is 0 Å². The Morgan fingerprint density at radius 3 is 2.60 bits per heavy atom. The Labute approximate surface area is 138 Å². The van der Waals surface area contributed by atoms with Crippen molar-refractivity contribution in [3.63, 3.8) is 0 Å². The summed E-state index contributed by atoms with van der Waals surface area (Å²) in [4.78, 5) is 0. The van der Waals surface area contributed by atoms with Crippen LogP contribution in [0.1, 0.15) is 24.1 Å². The van der Waals surface area contributed by atoms with E-state index >= 15 is 0 Å². The quantitative estimate of drug-likeness (QED) is 0.689. The number of halogens is 2. The fraction of sp³-hybridized carbons (Fsp3) is 0.250. The van der Waals surface area contributed by atoms with Crippen molar-refractivity contribution < 1.29 is 4.74 Å². The Kier molecular flexibility index (Phi) is 5.16. The summed E-state index contributed by atoms with van der Waals surface area (Å²) in [5, 5.41) is 4.16. The molecule has 0 aliphatic rings. The number of anilines is 1. The summed E-state index contributed by atoms with van der Waals surface area (Å²) < 4.78 is 6.58. The molecule has 0 spiro atoms. The highest BCUT2D eigenvalue weighted by molar-refractivity contribution is 14.1. The van der Waals surface area contributed by atoms with E-state index in [4.69, 9.17) is 16.3 Å². The minimum absolute atomic E-state index is 0.114. The molecule has 2 aromatic carbocycles. The second-order valence-corrected chi connectivity index (χ2v) is 6.39. The maximum absolute atomic E-state index is 6.26. The molecule has 1 N–H and O–H groups in total. The Hall–Kier alpha value is -0.940. The fourth-order valence-corrected chi connectivity index (χ4v) is 3.00. The van der Waals surface area contributed by atoms with E-state index in [0.717, 1.165) is 25.6 Å². The van der Waals surface area contributed by atoms with Crippen LogP contribution >= 0.6 is 34.2 Å². The van der Waals surface area contributed by atoms with Crippen LogP contribution in [0, 0.1) is 10.5 Å². The summed E-state index contributed by atoms with van der Waals surface area (Å²) >= 11 is 8.51. The van der Waals surface area contributed by atoms with Gasteiger partial charge >= 0.3 is 0 Å². The molecule has 0 saturated heterocycles. The predicted molar refractivity (Wildman–Crippen MR) is 93.9 cm³/mol. The zero-order chi connectivity index (χ0) is 14.7. The van der Waals surface area contributed by atoms with Gasteiger partial charge in [-0.2, -0.15) is 0 Å². The molecule has 0 radical (unpaired) electrons. The van der Waals surface area contributed by atoms with E-state index in [1.807, 2.05) is 24.3 Å². The normalized spacial score (nSPS) is 12.1. The van der Waals surface area contributed by atoms with E-state index in [2.05, 4.69) is 53.9 Å². The molecule has 2 rings (SSSR count). The Bertz CT molecular complexity index is 615. The number of nitrogens with one attached hydrogen (secondary N) is 1. The molecule has 2 aromatic rings. The van der Waals surface area contributed by atoms with Crippen LogP contribution < -0.4 is 10.1 Å². The van der Waals surface area contributed by atoms with Gasteiger partial charge in [0.1, 0.15) is 5.75 Å². The topological polar surface area (TPSA) is 21.3 Å². The molecule has 0 saturated carbocycles. The van der Waals surface area contributed by atoms with Gasteiger partial charge in [-0.05, 0) is 66.3 Å². The minimum atomic E-state index is 0.114. The van der Waals surface area contributed by atoms with E-state index in [1.165, 1.54) is 5.56 Å². The van der Waals surface area contributed by atoms with E-state index < -0.39 is 0 Å². The highest BCUT2D eigenvalue weighted by Crippen LogP contribution is 2.31. The lowest BCUT2D eigenvalue weighted by Crippen LogP contribution is -2.08. The molecular formula is C16H17ClINO. The van der Waals surface area contributed by atoms with Gasteiger partial charge in [0.05, 0.1) is 23.9 Å². The third-order valence-electron chi connectivity index (χ3n) is 3.16. The number of hydrogen-bond donors (Lipinski definition) is 1. The Balaban J connectivity index is 2.25. The average Bonchev–Trinajstić information content (AvgIpc) is 2.41. The highest BCUT2D eigenvalue weighted by Gasteiger charge is 2.12. The molecule has 0 fully saturated rings. The second-order valence-electron chi connectivity index (χ2n) is 4.74. The van der Waals surface area contributed by atoms with E-state index in [0.29, 0.717) is 0 Å². The molecule has 0 aliphatic heterocycles. The molecule has 0 bridgehead atoms. The minimum Gasteiger partial charge on any atom is -0.496 e. The lowest BCUT2D eigenvalue weighted by Gasteiger charge is -2.19. The number of methoxy groups -OCH3 is 1. The van der Waals surface area contributed by atoms with Gasteiger partial charge < -0.3 is 10.1 Å². The van der Waals surface area contributed by atoms with Crippen LogP contribution in [0.2, 0.25) is 5.02 Å². The van der Waals surface area contributed by atoms with Gasteiger partial charge in [-0.3, -0.25) is 0 Å². The Morgan fingerprint density at radius 1 is 1.20 bits per heavy atom. The van der Waals surface area contributed by atoms with Crippen molar-refractivity contribution in [2.45, 2.75) is 19.9 Å². The fourth-order valence-electron chi connectivity index (χ4n) is 2.09. The van der Waals surface area contributed by atoms with Crippen molar-refractivity contribution in [3.8, 4) is 5.75 Å². The molecule has 0 heterocycles. The summed E-state index contributed by atoms with van der Waals surface area (Å²) in [6.45, 7) is 4.15. The molecule has 0 aromatic heterocycles. The first kappa shape index (κ1) is 15.4. The maximum Gasteiger partial charge on any atom is 0.124 e. The molecule has 0 amide bonds. The lowest BCUT2D eigenvalue weighted by atomic mass is 10.0. The zero-order valence-corrected chi connectivity index (χ0v) is 14.6. The summed E-state index contributed by atoms with van der Waals surface area (Å²) in [6.07, 6.45) is 0. The molecule has 106 valence electrons. The monoisotopic (exact) mass is 401 g/mol. The van der Waals surface area contributed by atoms with E-state index in [-0.39, 0.29) is 6.04 Å². The Morgan fingerprint density at radius 2 is 1.95 bits per heavy atom. The molecule has 20 heavy (non-hydrogen) atoms. The number of rotatable bonds is 4. The van der Waals surface area contributed by atoms with Crippen molar-refractivity contribution in [1.29, 1.82) is 0 Å². The highest BCUT2D eigenvalue weighted by atomic mass is 127. The third kappa shape index (κ3) is 3.58. The van der Waals surface area contributed by atoms with Gasteiger partial charge in [0.25, 0.3) is 0 Å². The van der Waals surface area contributed by atoms with Crippen molar-refractivity contribution in [2.75, 3.05) is 12.4 Å². The van der Waals surface area contributed by atoms with Gasteiger partial charge in [-0.1, -0.05) is 23.7 Å². The van der Waals surface area contributed by atoms with Crippen LogP contribution in [0.15, 0.2) is 36.4 Å². The van der Waals surface area contributed by atoms with Crippen LogP contribution in [0.25, 0.3) is 0 Å². The lowest BCUT2D eigenvalue weighted by molar-refractivity contribution is 0.407. The molecule has 1 unspecified atom stereocenters. The summed E-state index contributed by atoms with van der Waals surface area (Å²) in [5.41, 5.74) is 3.24. The van der Waals surface area contributed by atoms with Crippen molar-refractivity contribution >= 4 is 39.9 Å². The first-order valence-electron chi connectivity index (χ1n) is 6.37. The number of ether oxygens (including phenoxy) is 1. The maximum atomic E-state index is 6.26. The third-order valence-corrected chi connectivity index (χ3v) is 4.14. The van der Waals surface area contributed by atoms with Gasteiger partial charge in [0.15, 0.2) is 0 Å². The average molecular weight is 402 g/mol. The van der Waals surface area contributed by atoms with Crippen LogP contribution in [-0.4, -0.2) is 7.11 Å². The zero-order valence-electron chi connectivity index (χ0n) is 11.7. The van der Waals surface area contributed by atoms with Crippen LogP contribution in [0.5, 0.6) is 5.75 Å². The summed E-state index contributed by atoms with van der Waals surface area (Å²) in [7, 11) is 1.70. The van der Waals surface area contributed by atoms with Gasteiger partial charge in [0, 0.05) is 9.13 Å². The first-order chi connectivity index (χ1) is 9.51. The molecule has 1 atom stereocenters. The van der Waals surface area contributed by atoms with Crippen LogP contribution in [-0.2, 0) is 0 Å². The molecule has 4 heteroatoms. The largest absolute Gasteiger partial charge is 0.496 e. The van der Waals surface area contributed by atoms with Gasteiger partial charge in [0.2, 0.25) is 0 Å². The van der Waals surface area contributed by atoms with Crippen molar-refractivity contribution in [2.24, 2.45) is 0 Å². The number of aryl methyl sites for hydroxylation is 1. The van der Waals surface area contributed by atoms with E-state index in [1.54, 1.807) is 7.11 Å². The molecular weight excluding hydrogens is 385 g/mol. The first-order valence-corrected chi connectivity index (χ1v) is 7.83. The summed E-state index contributed by atoms with van der Waals surface area (Å²) in [6, 6.07) is 12.3. The van der Waals surface area contributed by atoms with E-state index in [9.17, 15) is 0 Å². The molecule has 0 aliphatic carbocycles. The predicted octanol–water partition coefficient (Wildman–Crippen LogP) is 5.43. The van der Waals surface area contributed by atoms with Gasteiger partial charge in [-0.15, -0.1) is 0 Å². The van der Waals surface area contributed by atoms with Gasteiger partial charge in [-0.25, -0.2) is 0 Å². The van der Waals surface area contributed by atoms with Crippen LogP contribution in [0.3, 0.4) is 0 Å². The number of hydrogen-bond acceptors (Lipinski definition) is 2. The standard InChI is InChI=1S/C16H17ClINO/c1-10-4-6-13(16(8-10)20-3)11(2)19-15-7-5-12(18)9-14(15)17/h4-9,11,19H,1-3H3. The SMILES string of the molecule is COc1cc(C)ccc1C(C)Nc1ccc(I)cc1Cl. The smallest absolute Gasteiger partial charge is 0.124 e. The second kappa shape index (κ2) is 6.68. The van der Waals surface area contributed by atoms with Crippen molar-refractivity contribution in [3.05, 3.63) is 56.1 Å². The number of benzene rings is 2. The summed E-state index contributed by atoms with van der Waals surface area (Å²) in [5.74, 6) is 0.895. The van der Waals surface area contributed by atoms with Crippen LogP contribution in [0.4, 0.5) is 5.69 Å². The molecule has 2 nitrogen and oxygen atoms in total.